The molecule has 1 aliphatic carbocycles. The number of fused-ring (bicyclic) bond motifs is 1. The van der Waals surface area contributed by atoms with E-state index in [0.717, 1.165) is 37.8 Å². The van der Waals surface area contributed by atoms with Gasteiger partial charge in [-0.2, -0.15) is 5.26 Å². The molecule has 1 unspecified atom stereocenters. The Morgan fingerprint density at radius 2 is 2.08 bits per heavy atom. The summed E-state index contributed by atoms with van der Waals surface area (Å²) in [6.45, 7) is 2.78. The predicted octanol–water partition coefficient (Wildman–Crippen LogP) is 0.307. The van der Waals surface area contributed by atoms with Crippen LogP contribution >= 0.6 is 0 Å². The van der Waals surface area contributed by atoms with Crippen LogP contribution < -0.4 is 16.3 Å². The van der Waals surface area contributed by atoms with Crippen LogP contribution in [0.5, 0.6) is 0 Å². The maximum Gasteiger partial charge on any atom is 0.328 e. The van der Waals surface area contributed by atoms with E-state index in [4.69, 9.17) is 5.26 Å². The van der Waals surface area contributed by atoms with Gasteiger partial charge in [0.05, 0.1) is 11.8 Å². The maximum absolute atomic E-state index is 12.6. The number of carbonyl (C=O) groups excluding carboxylic acids is 2. The third-order valence-electron chi connectivity index (χ3n) is 5.43. The van der Waals surface area contributed by atoms with Gasteiger partial charge in [0, 0.05) is 26.2 Å². The van der Waals surface area contributed by atoms with Crippen LogP contribution in [0.2, 0.25) is 0 Å². The molecule has 0 spiro atoms. The molecule has 0 bridgehead atoms. The molecule has 1 atom stereocenters. The van der Waals surface area contributed by atoms with E-state index < -0.39 is 5.92 Å². The standard InChI is InChI=1S/C18H25N5O3/c1-11(9-19)16(24)21-13-7-12(8-13)10-20-17(25)15-14-5-3-4-6-23(14)18(26)22(15)2/h11-13H,3-8,10H2,1-2H3,(H,20,25)(H,21,24). The van der Waals surface area contributed by atoms with Crippen LogP contribution in [-0.2, 0) is 24.8 Å². The van der Waals surface area contributed by atoms with Crippen molar-refractivity contribution in [2.45, 2.75) is 51.6 Å². The molecule has 2 amide bonds. The number of aromatic nitrogens is 2. The molecule has 0 radical (unpaired) electrons. The zero-order valence-electron chi connectivity index (χ0n) is 15.2. The van der Waals surface area contributed by atoms with Gasteiger partial charge in [-0.05, 0) is 44.9 Å². The van der Waals surface area contributed by atoms with Crippen molar-refractivity contribution in [2.75, 3.05) is 6.54 Å². The van der Waals surface area contributed by atoms with Crippen molar-refractivity contribution in [3.63, 3.8) is 0 Å². The third kappa shape index (κ3) is 3.39. The first-order valence-electron chi connectivity index (χ1n) is 9.19. The number of rotatable bonds is 5. The van der Waals surface area contributed by atoms with Gasteiger partial charge >= 0.3 is 5.69 Å². The lowest BCUT2D eigenvalue weighted by atomic mass is 9.80. The fourth-order valence-corrected chi connectivity index (χ4v) is 3.77. The highest BCUT2D eigenvalue weighted by atomic mass is 16.2. The lowest BCUT2D eigenvalue weighted by Gasteiger charge is -2.36. The molecule has 1 aromatic rings. The highest BCUT2D eigenvalue weighted by Crippen LogP contribution is 2.27. The molecule has 1 fully saturated rings. The molecule has 3 rings (SSSR count). The molecular formula is C18H25N5O3. The summed E-state index contributed by atoms with van der Waals surface area (Å²) < 4.78 is 3.16. The van der Waals surface area contributed by atoms with Crippen molar-refractivity contribution < 1.29 is 9.59 Å². The Labute approximate surface area is 152 Å². The van der Waals surface area contributed by atoms with Gasteiger partial charge in [0.25, 0.3) is 5.91 Å². The average Bonchev–Trinajstić information content (AvgIpc) is 2.87. The van der Waals surface area contributed by atoms with E-state index in [1.807, 2.05) is 6.07 Å². The van der Waals surface area contributed by atoms with Gasteiger partial charge in [-0.1, -0.05) is 0 Å². The van der Waals surface area contributed by atoms with Crippen molar-refractivity contribution in [3.05, 3.63) is 21.9 Å². The summed E-state index contributed by atoms with van der Waals surface area (Å²) in [4.78, 5) is 36.5. The quantitative estimate of drug-likeness (QED) is 0.788. The first-order chi connectivity index (χ1) is 12.4. The van der Waals surface area contributed by atoms with Gasteiger partial charge < -0.3 is 10.6 Å². The molecule has 2 heterocycles. The first kappa shape index (κ1) is 18.2. The Bertz CT molecular complexity index is 810. The van der Waals surface area contributed by atoms with Crippen LogP contribution in [-0.4, -0.2) is 33.5 Å². The Balaban J connectivity index is 1.52. The van der Waals surface area contributed by atoms with Gasteiger partial charge in [-0.3, -0.25) is 18.7 Å². The fourth-order valence-electron chi connectivity index (χ4n) is 3.77. The number of imidazole rings is 1. The van der Waals surface area contributed by atoms with E-state index in [0.29, 0.717) is 24.7 Å². The molecule has 140 valence electrons. The van der Waals surface area contributed by atoms with Gasteiger partial charge in [-0.25, -0.2) is 4.79 Å². The van der Waals surface area contributed by atoms with Crippen LogP contribution in [0.25, 0.3) is 0 Å². The number of nitrogens with zero attached hydrogens (tertiary/aromatic N) is 3. The predicted molar refractivity (Wildman–Crippen MR) is 94.4 cm³/mol. The topological polar surface area (TPSA) is 109 Å². The Morgan fingerprint density at radius 3 is 2.77 bits per heavy atom. The number of carbonyl (C=O) groups is 2. The molecule has 2 aliphatic rings. The summed E-state index contributed by atoms with van der Waals surface area (Å²) >= 11 is 0. The lowest BCUT2D eigenvalue weighted by molar-refractivity contribution is -0.124. The van der Waals surface area contributed by atoms with Crippen molar-refractivity contribution in [3.8, 4) is 6.07 Å². The van der Waals surface area contributed by atoms with Gasteiger partial charge in [0.2, 0.25) is 5.91 Å². The van der Waals surface area contributed by atoms with E-state index >= 15 is 0 Å². The van der Waals surface area contributed by atoms with E-state index in [9.17, 15) is 14.4 Å². The Kier molecular flexibility index (Phi) is 5.16. The van der Waals surface area contributed by atoms with Crippen LogP contribution in [0.4, 0.5) is 0 Å². The molecule has 1 aromatic heterocycles. The molecule has 0 aromatic carbocycles. The molecule has 8 heteroatoms. The molecule has 0 saturated heterocycles. The summed E-state index contributed by atoms with van der Waals surface area (Å²) in [6, 6.07) is 2.00. The summed E-state index contributed by atoms with van der Waals surface area (Å²) in [7, 11) is 1.65. The minimum atomic E-state index is -0.643. The zero-order chi connectivity index (χ0) is 18.8. The normalized spacial score (nSPS) is 22.5. The van der Waals surface area contributed by atoms with Gasteiger partial charge in [0.15, 0.2) is 0 Å². The first-order valence-corrected chi connectivity index (χ1v) is 9.19. The minimum Gasteiger partial charge on any atom is -0.352 e. The Morgan fingerprint density at radius 1 is 1.35 bits per heavy atom. The van der Waals surface area contributed by atoms with Gasteiger partial charge in [-0.15, -0.1) is 0 Å². The van der Waals surface area contributed by atoms with E-state index in [1.165, 1.54) is 4.57 Å². The second-order valence-electron chi connectivity index (χ2n) is 7.35. The van der Waals surface area contributed by atoms with Crippen molar-refractivity contribution in [2.24, 2.45) is 18.9 Å². The summed E-state index contributed by atoms with van der Waals surface area (Å²) in [5.74, 6) is -0.783. The number of nitrogens with one attached hydrogen (secondary N) is 2. The van der Waals surface area contributed by atoms with Gasteiger partial charge in [0.1, 0.15) is 11.6 Å². The van der Waals surface area contributed by atoms with E-state index in [2.05, 4.69) is 10.6 Å². The zero-order valence-corrected chi connectivity index (χ0v) is 15.2. The summed E-state index contributed by atoms with van der Waals surface area (Å²) in [5.41, 5.74) is 1.19. The number of hydrogen-bond donors (Lipinski definition) is 2. The second kappa shape index (κ2) is 7.36. The number of amides is 2. The lowest BCUT2D eigenvalue weighted by Crippen LogP contribution is -2.49. The molecule has 2 N–H and O–H groups in total. The van der Waals surface area contributed by atoms with Crippen LogP contribution in [0.3, 0.4) is 0 Å². The van der Waals surface area contributed by atoms with Crippen molar-refractivity contribution in [1.82, 2.24) is 19.8 Å². The monoisotopic (exact) mass is 359 g/mol. The summed E-state index contributed by atoms with van der Waals surface area (Å²) in [6.07, 6.45) is 4.30. The largest absolute Gasteiger partial charge is 0.352 e. The molecule has 1 aliphatic heterocycles. The number of hydrogen-bond acceptors (Lipinski definition) is 4. The molecule has 8 nitrogen and oxygen atoms in total. The molecule has 26 heavy (non-hydrogen) atoms. The SMILES string of the molecule is CC(C#N)C(=O)NC1CC(CNC(=O)c2c3n(c(=O)n2C)CCCC3)C1. The van der Waals surface area contributed by atoms with E-state index in [-0.39, 0.29) is 23.5 Å². The average molecular weight is 359 g/mol. The van der Waals surface area contributed by atoms with Crippen molar-refractivity contribution in [1.29, 1.82) is 5.26 Å². The van der Waals surface area contributed by atoms with Crippen LogP contribution in [0.1, 0.15) is 48.8 Å². The third-order valence-corrected chi connectivity index (χ3v) is 5.43. The van der Waals surface area contributed by atoms with E-state index in [1.54, 1.807) is 18.5 Å². The summed E-state index contributed by atoms with van der Waals surface area (Å²) in [5, 5.41) is 14.5. The van der Waals surface area contributed by atoms with Crippen LogP contribution in [0.15, 0.2) is 4.79 Å². The Hall–Kier alpha value is -2.56. The molecular weight excluding hydrogens is 334 g/mol. The fraction of sp³-hybridized carbons (Fsp3) is 0.667. The minimum absolute atomic E-state index is 0.0757. The smallest absolute Gasteiger partial charge is 0.328 e. The maximum atomic E-state index is 12.6. The number of nitriles is 1. The highest BCUT2D eigenvalue weighted by Gasteiger charge is 2.32. The van der Waals surface area contributed by atoms with Crippen LogP contribution in [0, 0.1) is 23.2 Å². The van der Waals surface area contributed by atoms with Crippen molar-refractivity contribution >= 4 is 11.8 Å². The highest BCUT2D eigenvalue weighted by molar-refractivity contribution is 5.93. The second-order valence-corrected chi connectivity index (χ2v) is 7.35. The molecule has 1 saturated carbocycles.